The SMILES string of the molecule is COC(=O)CCN1CCN(C(=O)c2cn[nH]c2C)CC1. The lowest BCUT2D eigenvalue weighted by molar-refractivity contribution is -0.141. The van der Waals surface area contributed by atoms with Crippen LogP contribution in [0.4, 0.5) is 0 Å². The van der Waals surface area contributed by atoms with E-state index in [0.717, 1.165) is 18.8 Å². The fourth-order valence-electron chi connectivity index (χ4n) is 2.26. The van der Waals surface area contributed by atoms with Crippen LogP contribution in [0, 0.1) is 6.92 Å². The van der Waals surface area contributed by atoms with E-state index in [1.807, 2.05) is 11.8 Å². The Hall–Kier alpha value is -1.89. The Bertz CT molecular complexity index is 478. The van der Waals surface area contributed by atoms with Crippen molar-refractivity contribution in [2.24, 2.45) is 0 Å². The number of amides is 1. The van der Waals surface area contributed by atoms with Gasteiger partial charge < -0.3 is 9.64 Å². The first-order chi connectivity index (χ1) is 9.61. The summed E-state index contributed by atoms with van der Waals surface area (Å²) in [4.78, 5) is 27.4. The van der Waals surface area contributed by atoms with Crippen molar-refractivity contribution in [3.05, 3.63) is 17.5 Å². The van der Waals surface area contributed by atoms with Crippen LogP contribution in [0.5, 0.6) is 0 Å². The van der Waals surface area contributed by atoms with Crippen molar-refractivity contribution in [2.45, 2.75) is 13.3 Å². The first-order valence-corrected chi connectivity index (χ1v) is 6.70. The van der Waals surface area contributed by atoms with Crippen LogP contribution in [0.25, 0.3) is 0 Å². The summed E-state index contributed by atoms with van der Waals surface area (Å²) in [5.41, 5.74) is 1.43. The lowest BCUT2D eigenvalue weighted by Crippen LogP contribution is -2.49. The van der Waals surface area contributed by atoms with Crippen LogP contribution in [-0.4, -0.2) is 71.7 Å². The molecule has 0 aromatic carbocycles. The van der Waals surface area contributed by atoms with Crippen molar-refractivity contribution in [3.8, 4) is 0 Å². The molecule has 0 radical (unpaired) electrons. The summed E-state index contributed by atoms with van der Waals surface area (Å²) < 4.78 is 4.62. The Balaban J connectivity index is 1.81. The summed E-state index contributed by atoms with van der Waals surface area (Å²) in [7, 11) is 1.40. The van der Waals surface area contributed by atoms with E-state index in [4.69, 9.17) is 0 Å². The standard InChI is InChI=1S/C13H20N4O3/c1-10-11(9-14-15-10)13(19)17-7-5-16(6-8-17)4-3-12(18)20-2/h9H,3-8H2,1-2H3,(H,14,15). The zero-order valence-electron chi connectivity index (χ0n) is 11.9. The number of aryl methyl sites for hydroxylation is 1. The molecule has 110 valence electrons. The molecule has 0 atom stereocenters. The van der Waals surface area contributed by atoms with Crippen LogP contribution < -0.4 is 0 Å². The van der Waals surface area contributed by atoms with Gasteiger partial charge in [-0.3, -0.25) is 19.6 Å². The van der Waals surface area contributed by atoms with Gasteiger partial charge >= 0.3 is 5.97 Å². The predicted molar refractivity (Wildman–Crippen MR) is 72.3 cm³/mol. The molecule has 1 fully saturated rings. The maximum atomic E-state index is 12.3. The molecule has 2 rings (SSSR count). The second-order valence-corrected chi connectivity index (χ2v) is 4.87. The molecule has 2 heterocycles. The number of piperazine rings is 1. The fraction of sp³-hybridized carbons (Fsp3) is 0.615. The molecule has 0 aliphatic carbocycles. The maximum absolute atomic E-state index is 12.3. The molecular formula is C13H20N4O3. The largest absolute Gasteiger partial charge is 0.469 e. The lowest BCUT2D eigenvalue weighted by atomic mass is 10.2. The van der Waals surface area contributed by atoms with Crippen molar-refractivity contribution in [2.75, 3.05) is 39.8 Å². The lowest BCUT2D eigenvalue weighted by Gasteiger charge is -2.34. The number of nitrogens with zero attached hydrogens (tertiary/aromatic N) is 3. The highest BCUT2D eigenvalue weighted by atomic mass is 16.5. The molecule has 1 aromatic heterocycles. The molecule has 1 saturated heterocycles. The summed E-state index contributed by atoms with van der Waals surface area (Å²) in [6.07, 6.45) is 1.96. The van der Waals surface area contributed by atoms with E-state index in [2.05, 4.69) is 19.8 Å². The van der Waals surface area contributed by atoms with E-state index in [9.17, 15) is 9.59 Å². The number of esters is 1. The minimum absolute atomic E-state index is 0.0175. The molecule has 1 aliphatic rings. The minimum Gasteiger partial charge on any atom is -0.469 e. The molecule has 1 amide bonds. The third-order valence-electron chi connectivity index (χ3n) is 3.58. The number of carbonyl (C=O) groups excluding carboxylic acids is 2. The Morgan fingerprint density at radius 3 is 2.60 bits per heavy atom. The van der Waals surface area contributed by atoms with Gasteiger partial charge in [-0.25, -0.2) is 0 Å². The van der Waals surface area contributed by atoms with Crippen LogP contribution >= 0.6 is 0 Å². The second kappa shape index (κ2) is 6.51. The molecule has 0 saturated carbocycles. The predicted octanol–water partition coefficient (Wildman–Crippen LogP) is 0.0390. The van der Waals surface area contributed by atoms with E-state index in [-0.39, 0.29) is 11.9 Å². The van der Waals surface area contributed by atoms with Gasteiger partial charge in [0, 0.05) is 38.4 Å². The van der Waals surface area contributed by atoms with Crippen LogP contribution in [0.15, 0.2) is 6.20 Å². The zero-order valence-corrected chi connectivity index (χ0v) is 11.9. The Morgan fingerprint density at radius 2 is 2.05 bits per heavy atom. The Labute approximate surface area is 117 Å². The van der Waals surface area contributed by atoms with Gasteiger partial charge in [0.15, 0.2) is 0 Å². The number of rotatable bonds is 4. The van der Waals surface area contributed by atoms with E-state index >= 15 is 0 Å². The van der Waals surface area contributed by atoms with E-state index < -0.39 is 0 Å². The molecule has 0 spiro atoms. The van der Waals surface area contributed by atoms with Crippen LogP contribution in [0.2, 0.25) is 0 Å². The molecule has 1 aliphatic heterocycles. The number of aromatic nitrogens is 2. The van der Waals surface area contributed by atoms with E-state index in [1.165, 1.54) is 7.11 Å². The van der Waals surface area contributed by atoms with Crippen molar-refractivity contribution in [3.63, 3.8) is 0 Å². The maximum Gasteiger partial charge on any atom is 0.306 e. The van der Waals surface area contributed by atoms with E-state index in [0.29, 0.717) is 31.6 Å². The van der Waals surface area contributed by atoms with Crippen molar-refractivity contribution >= 4 is 11.9 Å². The monoisotopic (exact) mass is 280 g/mol. The summed E-state index contributed by atoms with van der Waals surface area (Å²) in [5.74, 6) is -0.179. The Kier molecular flexibility index (Phi) is 4.73. The number of carbonyl (C=O) groups is 2. The van der Waals surface area contributed by atoms with Crippen LogP contribution in [-0.2, 0) is 9.53 Å². The van der Waals surface area contributed by atoms with E-state index in [1.54, 1.807) is 6.20 Å². The number of hydrogen-bond donors (Lipinski definition) is 1. The van der Waals surface area contributed by atoms with Gasteiger partial charge in [-0.05, 0) is 6.92 Å². The highest BCUT2D eigenvalue weighted by Gasteiger charge is 2.24. The van der Waals surface area contributed by atoms with Gasteiger partial charge in [0.1, 0.15) is 0 Å². The second-order valence-electron chi connectivity index (χ2n) is 4.87. The first kappa shape index (κ1) is 14.5. The molecule has 7 heteroatoms. The fourth-order valence-corrected chi connectivity index (χ4v) is 2.26. The average Bonchev–Trinajstić information content (AvgIpc) is 2.90. The smallest absolute Gasteiger partial charge is 0.306 e. The van der Waals surface area contributed by atoms with Gasteiger partial charge in [0.05, 0.1) is 25.3 Å². The van der Waals surface area contributed by atoms with Gasteiger partial charge in [0.2, 0.25) is 0 Å². The first-order valence-electron chi connectivity index (χ1n) is 6.70. The summed E-state index contributed by atoms with van der Waals surface area (Å²) in [6.45, 7) is 5.42. The molecule has 0 bridgehead atoms. The summed E-state index contributed by atoms with van der Waals surface area (Å²) >= 11 is 0. The van der Waals surface area contributed by atoms with Crippen LogP contribution in [0.1, 0.15) is 22.5 Å². The number of hydrogen-bond acceptors (Lipinski definition) is 5. The molecule has 0 unspecified atom stereocenters. The van der Waals surface area contributed by atoms with Crippen molar-refractivity contribution in [1.82, 2.24) is 20.0 Å². The highest BCUT2D eigenvalue weighted by Crippen LogP contribution is 2.10. The van der Waals surface area contributed by atoms with Crippen molar-refractivity contribution < 1.29 is 14.3 Å². The normalized spacial score (nSPS) is 16.2. The Morgan fingerprint density at radius 1 is 1.35 bits per heavy atom. The van der Waals surface area contributed by atoms with Gasteiger partial charge in [-0.1, -0.05) is 0 Å². The minimum atomic E-state index is -0.197. The summed E-state index contributed by atoms with van der Waals surface area (Å²) in [6, 6.07) is 0. The number of aromatic amines is 1. The highest BCUT2D eigenvalue weighted by molar-refractivity contribution is 5.95. The number of ether oxygens (including phenoxy) is 1. The topological polar surface area (TPSA) is 78.5 Å². The molecule has 1 aromatic rings. The molecular weight excluding hydrogens is 260 g/mol. The quantitative estimate of drug-likeness (QED) is 0.788. The number of nitrogens with one attached hydrogen (secondary N) is 1. The number of H-pyrrole nitrogens is 1. The average molecular weight is 280 g/mol. The summed E-state index contributed by atoms with van der Waals surface area (Å²) in [5, 5.41) is 6.65. The third-order valence-corrected chi connectivity index (χ3v) is 3.58. The number of methoxy groups -OCH3 is 1. The van der Waals surface area contributed by atoms with Crippen molar-refractivity contribution in [1.29, 1.82) is 0 Å². The molecule has 20 heavy (non-hydrogen) atoms. The third kappa shape index (κ3) is 3.36. The van der Waals surface area contributed by atoms with Gasteiger partial charge in [0.25, 0.3) is 5.91 Å². The molecule has 1 N–H and O–H groups in total. The molecule has 7 nitrogen and oxygen atoms in total. The van der Waals surface area contributed by atoms with Crippen LogP contribution in [0.3, 0.4) is 0 Å². The van der Waals surface area contributed by atoms with Gasteiger partial charge in [-0.2, -0.15) is 5.10 Å². The van der Waals surface area contributed by atoms with Gasteiger partial charge in [-0.15, -0.1) is 0 Å². The zero-order chi connectivity index (χ0) is 14.5.